The molecule has 0 aliphatic carbocycles. The van der Waals surface area contributed by atoms with Gasteiger partial charge in [-0.25, -0.2) is 0 Å². The molecule has 0 bridgehead atoms. The lowest BCUT2D eigenvalue weighted by Gasteiger charge is -2.15. The first-order chi connectivity index (χ1) is 9.61. The van der Waals surface area contributed by atoms with E-state index >= 15 is 0 Å². The molecule has 0 heterocycles. The van der Waals surface area contributed by atoms with Crippen LogP contribution in [0.15, 0.2) is 46.9 Å². The van der Waals surface area contributed by atoms with Crippen molar-refractivity contribution in [3.8, 4) is 11.5 Å². The third-order valence-corrected chi connectivity index (χ3v) is 3.66. The molecule has 0 saturated carbocycles. The normalized spacial score (nSPS) is 12.0. The maximum atomic E-state index is 9.75. The molecule has 0 spiro atoms. The van der Waals surface area contributed by atoms with E-state index in [4.69, 9.17) is 9.47 Å². The van der Waals surface area contributed by atoms with Crippen molar-refractivity contribution in [1.82, 2.24) is 0 Å². The van der Waals surface area contributed by atoms with Crippen molar-refractivity contribution in [2.75, 3.05) is 7.11 Å². The molecule has 1 atom stereocenters. The highest BCUT2D eigenvalue weighted by Crippen LogP contribution is 2.36. The van der Waals surface area contributed by atoms with Crippen LogP contribution in [0.5, 0.6) is 11.5 Å². The Balaban J connectivity index is 2.23. The fourth-order valence-electron chi connectivity index (χ4n) is 1.88. The maximum absolute atomic E-state index is 9.75. The lowest BCUT2D eigenvalue weighted by Crippen LogP contribution is -2.00. The van der Waals surface area contributed by atoms with Crippen LogP contribution in [-0.2, 0) is 6.61 Å². The molecule has 0 fully saturated rings. The number of hydrogen-bond acceptors (Lipinski definition) is 3. The minimum absolute atomic E-state index is 0.456. The van der Waals surface area contributed by atoms with E-state index in [2.05, 4.69) is 15.9 Å². The lowest BCUT2D eigenvalue weighted by molar-refractivity contribution is 0.197. The van der Waals surface area contributed by atoms with Crippen LogP contribution < -0.4 is 9.47 Å². The van der Waals surface area contributed by atoms with Crippen LogP contribution in [0, 0.1) is 0 Å². The number of hydrogen-bond donors (Lipinski definition) is 1. The molecule has 1 N–H and O–H groups in total. The molecule has 106 valence electrons. The van der Waals surface area contributed by atoms with E-state index in [9.17, 15) is 5.11 Å². The highest BCUT2D eigenvalue weighted by molar-refractivity contribution is 9.10. The Kier molecular flexibility index (Phi) is 5.04. The third kappa shape index (κ3) is 3.52. The fraction of sp³-hybridized carbons (Fsp3) is 0.250. The van der Waals surface area contributed by atoms with Gasteiger partial charge in [0.2, 0.25) is 0 Å². The Morgan fingerprint density at radius 1 is 1.15 bits per heavy atom. The van der Waals surface area contributed by atoms with Crippen molar-refractivity contribution in [2.45, 2.75) is 19.6 Å². The predicted octanol–water partition coefficient (Wildman–Crippen LogP) is 4.09. The van der Waals surface area contributed by atoms with Gasteiger partial charge in [-0.2, -0.15) is 0 Å². The van der Waals surface area contributed by atoms with Crippen LogP contribution in [0.25, 0.3) is 0 Å². The Bertz CT molecular complexity index is 567. The molecule has 20 heavy (non-hydrogen) atoms. The van der Waals surface area contributed by atoms with Crippen molar-refractivity contribution in [1.29, 1.82) is 0 Å². The summed E-state index contributed by atoms with van der Waals surface area (Å²) in [6, 6.07) is 13.5. The van der Waals surface area contributed by atoms with Crippen molar-refractivity contribution in [3.63, 3.8) is 0 Å². The first-order valence-electron chi connectivity index (χ1n) is 6.34. The van der Waals surface area contributed by atoms with E-state index in [-0.39, 0.29) is 0 Å². The summed E-state index contributed by atoms with van der Waals surface area (Å²) in [6.45, 7) is 2.17. The Labute approximate surface area is 127 Å². The van der Waals surface area contributed by atoms with Crippen LogP contribution >= 0.6 is 15.9 Å². The average molecular weight is 337 g/mol. The monoisotopic (exact) mass is 336 g/mol. The summed E-state index contributed by atoms with van der Waals surface area (Å²) in [7, 11) is 1.60. The van der Waals surface area contributed by atoms with E-state index in [1.165, 1.54) is 0 Å². The molecule has 0 saturated heterocycles. The van der Waals surface area contributed by atoms with Crippen molar-refractivity contribution in [2.24, 2.45) is 0 Å². The Morgan fingerprint density at radius 3 is 2.45 bits per heavy atom. The number of ether oxygens (including phenoxy) is 2. The van der Waals surface area contributed by atoms with Gasteiger partial charge >= 0.3 is 0 Å². The molecule has 4 heteroatoms. The average Bonchev–Trinajstić information content (AvgIpc) is 2.46. The molecule has 2 rings (SSSR count). The summed E-state index contributed by atoms with van der Waals surface area (Å²) in [5, 5.41) is 9.75. The molecular formula is C16H17BrO3. The second kappa shape index (κ2) is 6.77. The molecule has 0 radical (unpaired) electrons. The zero-order valence-electron chi connectivity index (χ0n) is 11.5. The zero-order chi connectivity index (χ0) is 14.5. The highest BCUT2D eigenvalue weighted by atomic mass is 79.9. The molecule has 0 aromatic heterocycles. The number of aliphatic hydroxyl groups is 1. The molecule has 0 aliphatic rings. The first-order valence-corrected chi connectivity index (χ1v) is 7.13. The van der Waals surface area contributed by atoms with Gasteiger partial charge in [0.1, 0.15) is 6.61 Å². The van der Waals surface area contributed by atoms with Gasteiger partial charge in [0.15, 0.2) is 11.5 Å². The van der Waals surface area contributed by atoms with E-state index in [0.29, 0.717) is 18.1 Å². The molecular weight excluding hydrogens is 320 g/mol. The first kappa shape index (κ1) is 14.9. The summed E-state index contributed by atoms with van der Waals surface area (Å²) in [6.07, 6.45) is -0.575. The predicted molar refractivity (Wildman–Crippen MR) is 82.1 cm³/mol. The van der Waals surface area contributed by atoms with Crippen molar-refractivity contribution in [3.05, 3.63) is 58.1 Å². The summed E-state index contributed by atoms with van der Waals surface area (Å²) < 4.78 is 11.9. The van der Waals surface area contributed by atoms with Gasteiger partial charge < -0.3 is 14.6 Å². The van der Waals surface area contributed by atoms with Gasteiger partial charge in [-0.05, 0) is 30.2 Å². The largest absolute Gasteiger partial charge is 0.493 e. The summed E-state index contributed by atoms with van der Waals surface area (Å²) in [4.78, 5) is 0. The number of rotatable bonds is 5. The third-order valence-electron chi connectivity index (χ3n) is 2.97. The van der Waals surface area contributed by atoms with Crippen molar-refractivity contribution >= 4 is 15.9 Å². The molecule has 1 unspecified atom stereocenters. The fourth-order valence-corrected chi connectivity index (χ4v) is 2.53. The van der Waals surface area contributed by atoms with Crippen LogP contribution in [-0.4, -0.2) is 12.2 Å². The topological polar surface area (TPSA) is 38.7 Å². The second-order valence-corrected chi connectivity index (χ2v) is 5.33. The van der Waals surface area contributed by atoms with Crippen LogP contribution in [0.1, 0.15) is 24.2 Å². The highest BCUT2D eigenvalue weighted by Gasteiger charge is 2.13. The second-order valence-electron chi connectivity index (χ2n) is 4.47. The molecule has 2 aromatic rings. The van der Waals surface area contributed by atoms with E-state index in [0.717, 1.165) is 15.6 Å². The standard InChI is InChI=1S/C16H17BrO3/c1-11(18)13-8-16(15(19-2)9-14(13)17)20-10-12-6-4-3-5-7-12/h3-9,11,18H,10H2,1-2H3. The van der Waals surface area contributed by atoms with Gasteiger partial charge in [-0.15, -0.1) is 0 Å². The summed E-state index contributed by atoms with van der Waals surface area (Å²) in [5.41, 5.74) is 1.85. The van der Waals surface area contributed by atoms with Gasteiger partial charge in [-0.1, -0.05) is 46.3 Å². The molecule has 0 amide bonds. The minimum Gasteiger partial charge on any atom is -0.493 e. The van der Waals surface area contributed by atoms with E-state index < -0.39 is 6.10 Å². The quantitative estimate of drug-likeness (QED) is 0.893. The maximum Gasteiger partial charge on any atom is 0.162 e. The van der Waals surface area contributed by atoms with Crippen LogP contribution in [0.4, 0.5) is 0 Å². The number of aliphatic hydroxyl groups excluding tert-OH is 1. The molecule has 3 nitrogen and oxygen atoms in total. The van der Waals surface area contributed by atoms with Crippen LogP contribution in [0.3, 0.4) is 0 Å². The summed E-state index contributed by atoms with van der Waals surface area (Å²) >= 11 is 3.42. The number of halogens is 1. The van der Waals surface area contributed by atoms with Crippen LogP contribution in [0.2, 0.25) is 0 Å². The Morgan fingerprint density at radius 2 is 1.85 bits per heavy atom. The van der Waals surface area contributed by atoms with E-state index in [1.54, 1.807) is 20.1 Å². The van der Waals surface area contributed by atoms with E-state index in [1.807, 2.05) is 36.4 Å². The summed E-state index contributed by atoms with van der Waals surface area (Å²) in [5.74, 6) is 1.26. The smallest absolute Gasteiger partial charge is 0.162 e. The van der Waals surface area contributed by atoms with Gasteiger partial charge in [0.05, 0.1) is 13.2 Å². The number of benzene rings is 2. The SMILES string of the molecule is COc1cc(Br)c(C(C)O)cc1OCc1ccccc1. The van der Waals surface area contributed by atoms with Crippen molar-refractivity contribution < 1.29 is 14.6 Å². The number of methoxy groups -OCH3 is 1. The molecule has 2 aromatic carbocycles. The van der Waals surface area contributed by atoms with Gasteiger partial charge in [-0.3, -0.25) is 0 Å². The Hall–Kier alpha value is -1.52. The minimum atomic E-state index is -0.575. The zero-order valence-corrected chi connectivity index (χ0v) is 13.1. The van der Waals surface area contributed by atoms with Gasteiger partial charge in [0.25, 0.3) is 0 Å². The lowest BCUT2D eigenvalue weighted by atomic mass is 10.1. The van der Waals surface area contributed by atoms with Gasteiger partial charge in [0, 0.05) is 4.47 Å². The molecule has 0 aliphatic heterocycles.